The quantitative estimate of drug-likeness (QED) is 0.825. The average Bonchev–Trinajstić information content (AvgIpc) is 2.69. The van der Waals surface area contributed by atoms with Gasteiger partial charge in [0.25, 0.3) is 0 Å². The summed E-state index contributed by atoms with van der Waals surface area (Å²) in [7, 11) is 0. The number of nitrogens with zero attached hydrogens (tertiary/aromatic N) is 3. The first-order chi connectivity index (χ1) is 8.22. The number of hydrogen-bond acceptors (Lipinski definition) is 4. The number of hydrogen-bond donors (Lipinski definition) is 2. The topological polar surface area (TPSA) is 68.2 Å². The van der Waals surface area contributed by atoms with Crippen LogP contribution < -0.4 is 11.1 Å². The molecular formula is C11H16FN5. The van der Waals surface area contributed by atoms with Crippen LogP contribution in [0.15, 0.2) is 18.3 Å². The van der Waals surface area contributed by atoms with Gasteiger partial charge in [-0.25, -0.2) is 8.91 Å². The average molecular weight is 237 g/mol. The molecule has 2 rings (SSSR count). The molecule has 0 spiro atoms. The van der Waals surface area contributed by atoms with Crippen molar-refractivity contribution in [3.05, 3.63) is 24.1 Å². The Morgan fingerprint density at radius 1 is 1.53 bits per heavy atom. The van der Waals surface area contributed by atoms with Crippen molar-refractivity contribution in [3.8, 4) is 0 Å². The second kappa shape index (κ2) is 5.09. The third kappa shape index (κ3) is 2.71. The van der Waals surface area contributed by atoms with E-state index in [4.69, 9.17) is 5.73 Å². The van der Waals surface area contributed by atoms with Gasteiger partial charge in [-0.05, 0) is 18.6 Å². The molecule has 6 heteroatoms. The van der Waals surface area contributed by atoms with Crippen LogP contribution >= 0.6 is 0 Å². The Hall–Kier alpha value is -1.69. The second-order valence-corrected chi connectivity index (χ2v) is 3.95. The van der Waals surface area contributed by atoms with Crippen molar-refractivity contribution < 1.29 is 4.39 Å². The van der Waals surface area contributed by atoms with Crippen LogP contribution in [0.2, 0.25) is 0 Å². The van der Waals surface area contributed by atoms with Crippen LogP contribution in [0.4, 0.5) is 10.3 Å². The Morgan fingerprint density at radius 3 is 3.06 bits per heavy atom. The van der Waals surface area contributed by atoms with E-state index < -0.39 is 0 Å². The van der Waals surface area contributed by atoms with E-state index in [1.165, 1.54) is 16.8 Å². The van der Waals surface area contributed by atoms with E-state index in [9.17, 15) is 4.39 Å². The summed E-state index contributed by atoms with van der Waals surface area (Å²) in [6.45, 7) is 2.62. The second-order valence-electron chi connectivity index (χ2n) is 3.95. The molecule has 0 bridgehead atoms. The highest BCUT2D eigenvalue weighted by molar-refractivity contribution is 5.43. The molecule has 92 valence electrons. The maximum Gasteiger partial charge on any atom is 0.243 e. The van der Waals surface area contributed by atoms with Gasteiger partial charge in [-0.1, -0.05) is 13.3 Å². The van der Waals surface area contributed by atoms with E-state index in [0.29, 0.717) is 18.1 Å². The molecule has 0 saturated heterocycles. The number of pyridine rings is 1. The minimum absolute atomic E-state index is 0.155. The maximum absolute atomic E-state index is 13.0. The number of nitrogens with two attached hydrogens (primary N) is 1. The molecule has 2 aromatic heterocycles. The zero-order valence-corrected chi connectivity index (χ0v) is 9.73. The minimum atomic E-state index is -0.335. The van der Waals surface area contributed by atoms with E-state index >= 15 is 0 Å². The van der Waals surface area contributed by atoms with E-state index in [-0.39, 0.29) is 11.9 Å². The summed E-state index contributed by atoms with van der Waals surface area (Å²) < 4.78 is 14.4. The van der Waals surface area contributed by atoms with E-state index in [1.54, 1.807) is 6.07 Å². The van der Waals surface area contributed by atoms with E-state index in [0.717, 1.165) is 12.8 Å². The zero-order chi connectivity index (χ0) is 12.3. The number of aromatic nitrogens is 3. The smallest absolute Gasteiger partial charge is 0.243 e. The van der Waals surface area contributed by atoms with Gasteiger partial charge in [0.1, 0.15) is 5.82 Å². The molecule has 0 saturated carbocycles. The molecule has 0 aliphatic rings. The highest BCUT2D eigenvalue weighted by atomic mass is 19.1. The maximum atomic E-state index is 13.0. The summed E-state index contributed by atoms with van der Waals surface area (Å²) >= 11 is 0. The van der Waals surface area contributed by atoms with Gasteiger partial charge in [-0.15, -0.1) is 5.10 Å². The molecule has 0 aromatic carbocycles. The first-order valence-corrected chi connectivity index (χ1v) is 5.71. The summed E-state index contributed by atoms with van der Waals surface area (Å²) in [6, 6.07) is 3.10. The number of nitrogens with one attached hydrogen (secondary N) is 1. The molecule has 2 heterocycles. The number of rotatable bonds is 5. The monoisotopic (exact) mass is 237 g/mol. The molecule has 3 N–H and O–H groups in total. The fourth-order valence-corrected chi connectivity index (χ4v) is 1.70. The molecule has 0 aliphatic heterocycles. The predicted molar refractivity (Wildman–Crippen MR) is 64.3 cm³/mol. The molecule has 17 heavy (non-hydrogen) atoms. The summed E-state index contributed by atoms with van der Waals surface area (Å²) in [4.78, 5) is 4.24. The number of halogens is 1. The SMILES string of the molecule is CCCC(CN)Nc1nc2ccc(F)cn2n1. The first kappa shape index (κ1) is 11.8. The lowest BCUT2D eigenvalue weighted by atomic mass is 10.2. The highest BCUT2D eigenvalue weighted by Crippen LogP contribution is 2.09. The largest absolute Gasteiger partial charge is 0.349 e. The van der Waals surface area contributed by atoms with Crippen LogP contribution in [0.25, 0.3) is 5.65 Å². The molecular weight excluding hydrogens is 221 g/mol. The summed E-state index contributed by atoms with van der Waals surface area (Å²) in [5, 5.41) is 7.29. The summed E-state index contributed by atoms with van der Waals surface area (Å²) in [5.74, 6) is 0.150. The molecule has 0 amide bonds. The molecule has 1 atom stereocenters. The van der Waals surface area contributed by atoms with E-state index in [1.807, 2.05) is 0 Å². The van der Waals surface area contributed by atoms with Gasteiger partial charge in [0.05, 0.1) is 6.20 Å². The third-order valence-corrected chi connectivity index (χ3v) is 2.55. The van der Waals surface area contributed by atoms with Crippen LogP contribution in [0.5, 0.6) is 0 Å². The van der Waals surface area contributed by atoms with Crippen LogP contribution in [-0.4, -0.2) is 27.2 Å². The zero-order valence-electron chi connectivity index (χ0n) is 9.73. The van der Waals surface area contributed by atoms with Crippen molar-refractivity contribution in [2.45, 2.75) is 25.8 Å². The van der Waals surface area contributed by atoms with Crippen molar-refractivity contribution in [3.63, 3.8) is 0 Å². The number of anilines is 1. The van der Waals surface area contributed by atoms with Crippen molar-refractivity contribution in [2.75, 3.05) is 11.9 Å². The standard InChI is InChI=1S/C11H16FN5/c1-2-3-9(6-13)14-11-15-10-5-4-8(12)7-17(10)16-11/h4-5,7,9H,2-3,6,13H2,1H3,(H,14,16). The highest BCUT2D eigenvalue weighted by Gasteiger charge is 2.09. The van der Waals surface area contributed by atoms with Gasteiger partial charge in [0, 0.05) is 12.6 Å². The Balaban J connectivity index is 2.18. The molecule has 2 aromatic rings. The first-order valence-electron chi connectivity index (χ1n) is 5.71. The van der Waals surface area contributed by atoms with Gasteiger partial charge in [-0.2, -0.15) is 4.98 Å². The fourth-order valence-electron chi connectivity index (χ4n) is 1.70. The summed E-state index contributed by atoms with van der Waals surface area (Å²) in [6.07, 6.45) is 3.29. The van der Waals surface area contributed by atoms with Gasteiger partial charge in [0.15, 0.2) is 5.65 Å². The van der Waals surface area contributed by atoms with Crippen LogP contribution in [0, 0.1) is 5.82 Å². The van der Waals surface area contributed by atoms with E-state index in [2.05, 4.69) is 22.3 Å². The molecule has 0 radical (unpaired) electrons. The lowest BCUT2D eigenvalue weighted by molar-refractivity contribution is 0.614. The fraction of sp³-hybridized carbons (Fsp3) is 0.455. The van der Waals surface area contributed by atoms with Crippen LogP contribution in [0.3, 0.4) is 0 Å². The van der Waals surface area contributed by atoms with Crippen LogP contribution in [-0.2, 0) is 0 Å². The molecule has 5 nitrogen and oxygen atoms in total. The van der Waals surface area contributed by atoms with Gasteiger partial charge >= 0.3 is 0 Å². The Morgan fingerprint density at radius 2 is 2.35 bits per heavy atom. The van der Waals surface area contributed by atoms with Gasteiger partial charge in [-0.3, -0.25) is 0 Å². The minimum Gasteiger partial charge on any atom is -0.349 e. The molecule has 0 fully saturated rings. The van der Waals surface area contributed by atoms with Gasteiger partial charge in [0.2, 0.25) is 5.95 Å². The van der Waals surface area contributed by atoms with Crippen molar-refractivity contribution in [1.29, 1.82) is 0 Å². The number of fused-ring (bicyclic) bond motifs is 1. The van der Waals surface area contributed by atoms with Crippen LogP contribution in [0.1, 0.15) is 19.8 Å². The normalized spacial score (nSPS) is 12.9. The Labute approximate surface area is 98.8 Å². The predicted octanol–water partition coefficient (Wildman–Crippen LogP) is 1.41. The van der Waals surface area contributed by atoms with Crippen molar-refractivity contribution in [2.24, 2.45) is 5.73 Å². The van der Waals surface area contributed by atoms with Gasteiger partial charge < -0.3 is 11.1 Å². The lowest BCUT2D eigenvalue weighted by Crippen LogP contribution is -2.29. The molecule has 0 aliphatic carbocycles. The third-order valence-electron chi connectivity index (χ3n) is 2.55. The summed E-state index contributed by atoms with van der Waals surface area (Å²) in [5.41, 5.74) is 6.25. The van der Waals surface area contributed by atoms with Crippen molar-refractivity contribution in [1.82, 2.24) is 14.6 Å². The Kier molecular flexibility index (Phi) is 3.53. The molecule has 1 unspecified atom stereocenters. The Bertz CT molecular complexity index is 496. The lowest BCUT2D eigenvalue weighted by Gasteiger charge is -2.13. The van der Waals surface area contributed by atoms with Crippen molar-refractivity contribution >= 4 is 11.6 Å².